The molecule has 1 aliphatic rings. The lowest BCUT2D eigenvalue weighted by Crippen LogP contribution is -2.16. The zero-order valence-corrected chi connectivity index (χ0v) is 9.86. The SMILES string of the molecule is Cc1cc(F)c(C(=O)O)cc1C1(CC(=O)O)CC1. The number of aliphatic carboxylic acids is 1. The molecule has 0 spiro atoms. The van der Waals surface area contributed by atoms with Gasteiger partial charge in [-0.3, -0.25) is 4.79 Å². The number of hydrogen-bond donors (Lipinski definition) is 2. The number of aryl methyl sites for hydroxylation is 1. The summed E-state index contributed by atoms with van der Waals surface area (Å²) in [6.07, 6.45) is 1.36. The Morgan fingerprint density at radius 2 is 1.94 bits per heavy atom. The molecular weight excluding hydrogens is 239 g/mol. The molecule has 0 aromatic heterocycles. The van der Waals surface area contributed by atoms with Crippen LogP contribution in [0.4, 0.5) is 4.39 Å². The van der Waals surface area contributed by atoms with E-state index in [0.29, 0.717) is 24.0 Å². The van der Waals surface area contributed by atoms with E-state index in [9.17, 15) is 14.0 Å². The van der Waals surface area contributed by atoms with Crippen molar-refractivity contribution >= 4 is 11.9 Å². The molecule has 0 radical (unpaired) electrons. The molecule has 18 heavy (non-hydrogen) atoms. The molecule has 1 aliphatic carbocycles. The molecule has 1 saturated carbocycles. The van der Waals surface area contributed by atoms with Crippen molar-refractivity contribution in [2.45, 2.75) is 31.6 Å². The fraction of sp³-hybridized carbons (Fsp3) is 0.385. The fourth-order valence-electron chi connectivity index (χ4n) is 2.39. The summed E-state index contributed by atoms with van der Waals surface area (Å²) >= 11 is 0. The van der Waals surface area contributed by atoms with Crippen LogP contribution in [0.5, 0.6) is 0 Å². The van der Waals surface area contributed by atoms with Crippen LogP contribution in [0.3, 0.4) is 0 Å². The minimum atomic E-state index is -1.33. The molecule has 2 rings (SSSR count). The predicted molar refractivity (Wildman–Crippen MR) is 61.3 cm³/mol. The van der Waals surface area contributed by atoms with E-state index in [2.05, 4.69) is 0 Å². The quantitative estimate of drug-likeness (QED) is 0.862. The van der Waals surface area contributed by atoms with Crippen molar-refractivity contribution in [1.29, 1.82) is 0 Å². The molecule has 0 heterocycles. The van der Waals surface area contributed by atoms with Gasteiger partial charge in [0.2, 0.25) is 0 Å². The maximum atomic E-state index is 13.5. The van der Waals surface area contributed by atoms with Gasteiger partial charge in [-0.15, -0.1) is 0 Å². The lowest BCUT2D eigenvalue weighted by molar-refractivity contribution is -0.137. The number of carbonyl (C=O) groups is 2. The molecule has 1 aromatic rings. The highest BCUT2D eigenvalue weighted by Crippen LogP contribution is 2.52. The van der Waals surface area contributed by atoms with Gasteiger partial charge in [-0.05, 0) is 43.0 Å². The second kappa shape index (κ2) is 4.08. The van der Waals surface area contributed by atoms with E-state index < -0.39 is 28.7 Å². The van der Waals surface area contributed by atoms with Crippen LogP contribution in [-0.4, -0.2) is 22.2 Å². The molecule has 4 nitrogen and oxygen atoms in total. The lowest BCUT2D eigenvalue weighted by atomic mass is 9.87. The van der Waals surface area contributed by atoms with Gasteiger partial charge in [0.15, 0.2) is 0 Å². The van der Waals surface area contributed by atoms with Gasteiger partial charge in [-0.2, -0.15) is 0 Å². The van der Waals surface area contributed by atoms with Crippen molar-refractivity contribution in [2.24, 2.45) is 0 Å². The molecule has 1 fully saturated rings. The van der Waals surface area contributed by atoms with Crippen LogP contribution >= 0.6 is 0 Å². The van der Waals surface area contributed by atoms with Crippen LogP contribution in [0.1, 0.15) is 40.7 Å². The van der Waals surface area contributed by atoms with Gasteiger partial charge in [0.1, 0.15) is 5.82 Å². The highest BCUT2D eigenvalue weighted by atomic mass is 19.1. The minimum absolute atomic E-state index is 0.0431. The topological polar surface area (TPSA) is 74.6 Å². The molecule has 0 saturated heterocycles. The maximum absolute atomic E-state index is 13.5. The average molecular weight is 252 g/mol. The third kappa shape index (κ3) is 2.08. The van der Waals surface area contributed by atoms with E-state index in [4.69, 9.17) is 10.2 Å². The Hall–Kier alpha value is -1.91. The first kappa shape index (κ1) is 12.5. The smallest absolute Gasteiger partial charge is 0.338 e. The van der Waals surface area contributed by atoms with E-state index >= 15 is 0 Å². The van der Waals surface area contributed by atoms with Gasteiger partial charge in [0.25, 0.3) is 0 Å². The minimum Gasteiger partial charge on any atom is -0.481 e. The molecule has 0 unspecified atom stereocenters. The first-order valence-corrected chi connectivity index (χ1v) is 5.61. The van der Waals surface area contributed by atoms with Crippen LogP contribution in [0.2, 0.25) is 0 Å². The summed E-state index contributed by atoms with van der Waals surface area (Å²) < 4.78 is 13.5. The zero-order valence-electron chi connectivity index (χ0n) is 9.86. The molecule has 0 atom stereocenters. The van der Waals surface area contributed by atoms with Crippen molar-refractivity contribution < 1.29 is 24.2 Å². The Morgan fingerprint density at radius 3 is 2.39 bits per heavy atom. The van der Waals surface area contributed by atoms with Crippen molar-refractivity contribution in [3.63, 3.8) is 0 Å². The summed E-state index contributed by atoms with van der Waals surface area (Å²) in [4.78, 5) is 21.7. The lowest BCUT2D eigenvalue weighted by Gasteiger charge is -2.17. The molecule has 0 amide bonds. The van der Waals surface area contributed by atoms with Gasteiger partial charge in [0, 0.05) is 5.41 Å². The van der Waals surface area contributed by atoms with Crippen LogP contribution in [-0.2, 0) is 10.2 Å². The van der Waals surface area contributed by atoms with Crippen molar-refractivity contribution in [2.75, 3.05) is 0 Å². The van der Waals surface area contributed by atoms with Gasteiger partial charge >= 0.3 is 11.9 Å². The van der Waals surface area contributed by atoms with Crippen LogP contribution in [0.25, 0.3) is 0 Å². The van der Waals surface area contributed by atoms with E-state index in [-0.39, 0.29) is 6.42 Å². The normalized spacial score (nSPS) is 16.3. The highest BCUT2D eigenvalue weighted by Gasteiger charge is 2.47. The third-order valence-electron chi connectivity index (χ3n) is 3.46. The Kier molecular flexibility index (Phi) is 2.84. The van der Waals surface area contributed by atoms with Crippen LogP contribution < -0.4 is 0 Å². The summed E-state index contributed by atoms with van der Waals surface area (Å²) in [6, 6.07) is 2.45. The average Bonchev–Trinajstić information content (AvgIpc) is 2.96. The zero-order chi connectivity index (χ0) is 13.5. The highest BCUT2D eigenvalue weighted by molar-refractivity contribution is 5.88. The van der Waals surface area contributed by atoms with Gasteiger partial charge < -0.3 is 10.2 Å². The number of carboxylic acids is 2. The summed E-state index contributed by atoms with van der Waals surface area (Å²) in [6.45, 7) is 1.67. The van der Waals surface area contributed by atoms with Gasteiger partial charge in [0.05, 0.1) is 12.0 Å². The molecule has 0 bridgehead atoms. The number of rotatable bonds is 4. The monoisotopic (exact) mass is 252 g/mol. The van der Waals surface area contributed by atoms with Crippen molar-refractivity contribution in [3.8, 4) is 0 Å². The third-order valence-corrected chi connectivity index (χ3v) is 3.46. The Morgan fingerprint density at radius 1 is 1.33 bits per heavy atom. The van der Waals surface area contributed by atoms with Crippen molar-refractivity contribution in [3.05, 3.63) is 34.6 Å². The predicted octanol–water partition coefficient (Wildman–Crippen LogP) is 2.34. The molecule has 5 heteroatoms. The second-order valence-corrected chi connectivity index (χ2v) is 4.80. The molecule has 2 N–H and O–H groups in total. The largest absolute Gasteiger partial charge is 0.481 e. The van der Waals surface area contributed by atoms with Gasteiger partial charge in [-0.1, -0.05) is 0 Å². The number of carboxylic acid groups (broad SMARTS) is 2. The van der Waals surface area contributed by atoms with Crippen molar-refractivity contribution in [1.82, 2.24) is 0 Å². The summed E-state index contributed by atoms with van der Waals surface area (Å²) in [5.74, 6) is -3.04. The number of halogens is 1. The number of aromatic carboxylic acids is 1. The summed E-state index contributed by atoms with van der Waals surface area (Å²) in [5, 5.41) is 17.8. The first-order chi connectivity index (χ1) is 8.35. The second-order valence-electron chi connectivity index (χ2n) is 4.80. The van der Waals surface area contributed by atoms with E-state index in [0.717, 1.165) is 0 Å². The van der Waals surface area contributed by atoms with Crippen LogP contribution in [0.15, 0.2) is 12.1 Å². The summed E-state index contributed by atoms with van der Waals surface area (Å²) in [7, 11) is 0. The molecule has 96 valence electrons. The maximum Gasteiger partial charge on any atom is 0.338 e. The van der Waals surface area contributed by atoms with E-state index in [1.807, 2.05) is 0 Å². The van der Waals surface area contributed by atoms with Crippen LogP contribution in [0, 0.1) is 12.7 Å². The fourth-order valence-corrected chi connectivity index (χ4v) is 2.39. The molecule has 0 aliphatic heterocycles. The Balaban J connectivity index is 2.48. The van der Waals surface area contributed by atoms with E-state index in [1.165, 1.54) is 12.1 Å². The standard InChI is InChI=1S/C13H13FO4/c1-7-4-10(14)8(12(17)18)5-9(7)13(2-3-13)6-11(15)16/h4-5H,2-3,6H2,1H3,(H,15,16)(H,17,18). The van der Waals surface area contributed by atoms with Gasteiger partial charge in [-0.25, -0.2) is 9.18 Å². The summed E-state index contributed by atoms with van der Waals surface area (Å²) in [5.41, 5.74) is 0.348. The molecule has 1 aromatic carbocycles. The Bertz CT molecular complexity index is 532. The molecular formula is C13H13FO4. The van der Waals surface area contributed by atoms with E-state index in [1.54, 1.807) is 6.92 Å². The number of hydrogen-bond acceptors (Lipinski definition) is 2. The first-order valence-electron chi connectivity index (χ1n) is 5.61. The number of benzene rings is 1. The Labute approximate surface area is 103 Å².